The summed E-state index contributed by atoms with van der Waals surface area (Å²) in [5.41, 5.74) is 0.414. The zero-order chi connectivity index (χ0) is 13.2. The SMILES string of the molecule is CN(Cc1ccoc1)S(=O)(=O)c1ccc(=O)[nH]c1. The Morgan fingerprint density at radius 1 is 1.33 bits per heavy atom. The summed E-state index contributed by atoms with van der Waals surface area (Å²) in [6.07, 6.45) is 4.15. The van der Waals surface area contributed by atoms with Crippen LogP contribution in [0.5, 0.6) is 0 Å². The molecule has 2 rings (SSSR count). The summed E-state index contributed by atoms with van der Waals surface area (Å²) in [6, 6.07) is 4.15. The molecule has 18 heavy (non-hydrogen) atoms. The summed E-state index contributed by atoms with van der Waals surface area (Å²) in [5, 5.41) is 0. The smallest absolute Gasteiger partial charge is 0.247 e. The minimum absolute atomic E-state index is 0.0492. The molecule has 0 saturated carbocycles. The number of hydrogen-bond donors (Lipinski definition) is 1. The molecule has 0 radical (unpaired) electrons. The van der Waals surface area contributed by atoms with Crippen LogP contribution in [0.4, 0.5) is 0 Å². The summed E-state index contributed by atoms with van der Waals surface area (Å²) in [5.74, 6) is 0. The van der Waals surface area contributed by atoms with E-state index in [0.717, 1.165) is 5.56 Å². The lowest BCUT2D eigenvalue weighted by atomic mass is 10.3. The maximum absolute atomic E-state index is 12.1. The summed E-state index contributed by atoms with van der Waals surface area (Å²) < 4.78 is 30.4. The number of aromatic nitrogens is 1. The van der Waals surface area contributed by atoms with Crippen molar-refractivity contribution in [1.29, 1.82) is 0 Å². The van der Waals surface area contributed by atoms with Gasteiger partial charge >= 0.3 is 0 Å². The zero-order valence-electron chi connectivity index (χ0n) is 9.66. The van der Waals surface area contributed by atoms with Crippen LogP contribution in [0.25, 0.3) is 0 Å². The van der Waals surface area contributed by atoms with Crippen molar-refractivity contribution < 1.29 is 12.8 Å². The monoisotopic (exact) mass is 268 g/mol. The Balaban J connectivity index is 2.25. The van der Waals surface area contributed by atoms with E-state index in [9.17, 15) is 13.2 Å². The highest BCUT2D eigenvalue weighted by molar-refractivity contribution is 7.89. The van der Waals surface area contributed by atoms with E-state index in [4.69, 9.17) is 4.42 Å². The molecular weight excluding hydrogens is 256 g/mol. The Morgan fingerprint density at radius 3 is 2.67 bits per heavy atom. The molecule has 0 saturated heterocycles. The molecule has 0 bridgehead atoms. The van der Waals surface area contributed by atoms with Gasteiger partial charge in [0.25, 0.3) is 0 Å². The fraction of sp³-hybridized carbons (Fsp3) is 0.182. The lowest BCUT2D eigenvalue weighted by molar-refractivity contribution is 0.463. The predicted molar refractivity (Wildman–Crippen MR) is 64.4 cm³/mol. The van der Waals surface area contributed by atoms with Crippen LogP contribution in [0.1, 0.15) is 5.56 Å². The van der Waals surface area contributed by atoms with Gasteiger partial charge in [-0.3, -0.25) is 4.79 Å². The van der Waals surface area contributed by atoms with E-state index in [-0.39, 0.29) is 17.0 Å². The maximum Gasteiger partial charge on any atom is 0.247 e. The lowest BCUT2D eigenvalue weighted by Gasteiger charge is -2.15. The fourth-order valence-electron chi connectivity index (χ4n) is 1.46. The molecule has 6 nitrogen and oxygen atoms in total. The molecule has 0 fully saturated rings. The molecule has 0 unspecified atom stereocenters. The van der Waals surface area contributed by atoms with E-state index in [1.165, 1.54) is 42.2 Å². The average molecular weight is 268 g/mol. The van der Waals surface area contributed by atoms with Crippen molar-refractivity contribution >= 4 is 10.0 Å². The van der Waals surface area contributed by atoms with Gasteiger partial charge in [-0.2, -0.15) is 4.31 Å². The van der Waals surface area contributed by atoms with Gasteiger partial charge in [0.1, 0.15) is 0 Å². The number of aromatic amines is 1. The molecule has 7 heteroatoms. The molecule has 0 amide bonds. The predicted octanol–water partition coefficient (Wildman–Crippen LogP) is 0.789. The van der Waals surface area contributed by atoms with Crippen molar-refractivity contribution in [3.05, 3.63) is 52.8 Å². The maximum atomic E-state index is 12.1. The van der Waals surface area contributed by atoms with Crippen LogP contribution in [0.2, 0.25) is 0 Å². The highest BCUT2D eigenvalue weighted by atomic mass is 32.2. The van der Waals surface area contributed by atoms with Gasteiger partial charge in [-0.05, 0) is 12.1 Å². The van der Waals surface area contributed by atoms with Gasteiger partial charge in [-0.1, -0.05) is 0 Å². The highest BCUT2D eigenvalue weighted by Crippen LogP contribution is 2.14. The number of nitrogens with zero attached hydrogens (tertiary/aromatic N) is 1. The normalized spacial score (nSPS) is 11.9. The quantitative estimate of drug-likeness (QED) is 0.888. The fourth-order valence-corrected chi connectivity index (χ4v) is 2.59. The first-order valence-corrected chi connectivity index (χ1v) is 6.60. The highest BCUT2D eigenvalue weighted by Gasteiger charge is 2.21. The van der Waals surface area contributed by atoms with Crippen LogP contribution in [0.15, 0.2) is 51.0 Å². The molecule has 0 aliphatic heterocycles. The summed E-state index contributed by atoms with van der Waals surface area (Å²) in [6.45, 7) is 0.206. The molecule has 0 atom stereocenters. The molecular formula is C11H12N2O4S. The molecule has 0 aromatic carbocycles. The molecule has 0 aliphatic rings. The molecule has 1 N–H and O–H groups in total. The van der Waals surface area contributed by atoms with Gasteiger partial charge in [0.15, 0.2) is 0 Å². The van der Waals surface area contributed by atoms with Gasteiger partial charge in [-0.25, -0.2) is 8.42 Å². The standard InChI is InChI=1S/C11H12N2O4S/c1-13(7-9-4-5-17-8-9)18(15,16)10-2-3-11(14)12-6-10/h2-6,8H,7H2,1H3,(H,12,14). The van der Waals surface area contributed by atoms with Gasteiger partial charge < -0.3 is 9.40 Å². The van der Waals surface area contributed by atoms with E-state index in [1.54, 1.807) is 6.07 Å². The minimum Gasteiger partial charge on any atom is -0.472 e. The summed E-state index contributed by atoms with van der Waals surface area (Å²) in [7, 11) is -2.14. The van der Waals surface area contributed by atoms with Crippen LogP contribution in [0.3, 0.4) is 0 Å². The lowest BCUT2D eigenvalue weighted by Crippen LogP contribution is -2.26. The Morgan fingerprint density at radius 2 is 2.11 bits per heavy atom. The zero-order valence-corrected chi connectivity index (χ0v) is 10.5. The molecule has 0 aliphatic carbocycles. The van der Waals surface area contributed by atoms with Crippen LogP contribution >= 0.6 is 0 Å². The van der Waals surface area contributed by atoms with Crippen LogP contribution in [0, 0.1) is 0 Å². The number of furan rings is 1. The Bertz CT molecular complexity index is 653. The van der Waals surface area contributed by atoms with Gasteiger partial charge in [0.2, 0.25) is 15.6 Å². The summed E-state index contributed by atoms with van der Waals surface area (Å²) in [4.78, 5) is 13.3. The summed E-state index contributed by atoms with van der Waals surface area (Å²) >= 11 is 0. The van der Waals surface area contributed by atoms with Gasteiger partial charge in [0.05, 0.1) is 17.4 Å². The third-order valence-corrected chi connectivity index (χ3v) is 4.25. The molecule has 0 spiro atoms. The molecule has 2 heterocycles. The van der Waals surface area contributed by atoms with Crippen LogP contribution in [-0.2, 0) is 16.6 Å². The first-order chi connectivity index (χ1) is 8.50. The van der Waals surface area contributed by atoms with Crippen molar-refractivity contribution in [3.8, 4) is 0 Å². The number of H-pyrrole nitrogens is 1. The number of rotatable bonds is 4. The Labute approximate surface area is 104 Å². The second kappa shape index (κ2) is 4.79. The van der Waals surface area contributed by atoms with Crippen molar-refractivity contribution in [2.45, 2.75) is 11.4 Å². The topological polar surface area (TPSA) is 83.4 Å². The number of nitrogens with one attached hydrogen (secondary N) is 1. The minimum atomic E-state index is -3.61. The number of hydrogen-bond acceptors (Lipinski definition) is 4. The van der Waals surface area contributed by atoms with Crippen molar-refractivity contribution in [3.63, 3.8) is 0 Å². The van der Waals surface area contributed by atoms with Gasteiger partial charge in [0, 0.05) is 31.4 Å². The second-order valence-electron chi connectivity index (χ2n) is 3.78. The molecule has 96 valence electrons. The first-order valence-electron chi connectivity index (χ1n) is 5.16. The van der Waals surface area contributed by atoms with E-state index in [2.05, 4.69) is 4.98 Å². The van der Waals surface area contributed by atoms with Crippen LogP contribution in [-0.4, -0.2) is 24.8 Å². The largest absolute Gasteiger partial charge is 0.472 e. The number of pyridine rings is 1. The van der Waals surface area contributed by atoms with Crippen molar-refractivity contribution in [2.75, 3.05) is 7.05 Å². The average Bonchev–Trinajstić information content (AvgIpc) is 2.82. The van der Waals surface area contributed by atoms with Crippen LogP contribution < -0.4 is 5.56 Å². The first kappa shape index (κ1) is 12.6. The Hall–Kier alpha value is -1.86. The third kappa shape index (κ3) is 2.52. The molecule has 2 aromatic heterocycles. The number of sulfonamides is 1. The van der Waals surface area contributed by atoms with E-state index in [1.807, 2.05) is 0 Å². The second-order valence-corrected chi connectivity index (χ2v) is 5.83. The van der Waals surface area contributed by atoms with Crippen molar-refractivity contribution in [2.24, 2.45) is 0 Å². The Kier molecular flexibility index (Phi) is 3.35. The van der Waals surface area contributed by atoms with E-state index in [0.29, 0.717) is 0 Å². The molecule has 2 aromatic rings. The third-order valence-electron chi connectivity index (χ3n) is 2.45. The van der Waals surface area contributed by atoms with E-state index < -0.39 is 10.0 Å². The van der Waals surface area contributed by atoms with Gasteiger partial charge in [-0.15, -0.1) is 0 Å². The van der Waals surface area contributed by atoms with Crippen molar-refractivity contribution in [1.82, 2.24) is 9.29 Å². The van der Waals surface area contributed by atoms with E-state index >= 15 is 0 Å².